The minimum Gasteiger partial charge on any atom is -0.389 e. The molecule has 2 N–H and O–H groups in total. The molecule has 0 unspecified atom stereocenters. The minimum atomic E-state index is 0.450. The normalized spacial score (nSPS) is 24.6. The average molecular weight is 280 g/mol. The van der Waals surface area contributed by atoms with Crippen LogP contribution in [-0.4, -0.2) is 4.98 Å². The maximum Gasteiger partial charge on any atom is 0.110 e. The number of nitrogens with two attached hydrogens (primary N) is 1. The van der Waals surface area contributed by atoms with Gasteiger partial charge in [-0.15, -0.1) is 11.3 Å². The van der Waals surface area contributed by atoms with E-state index in [1.165, 1.54) is 36.4 Å². The summed E-state index contributed by atoms with van der Waals surface area (Å²) >= 11 is 1.71. The van der Waals surface area contributed by atoms with Crippen LogP contribution < -0.4 is 5.73 Å². The Labute approximate surface area is 121 Å². The van der Waals surface area contributed by atoms with Gasteiger partial charge in [-0.3, -0.25) is 0 Å². The highest BCUT2D eigenvalue weighted by atomic mass is 32.1. The molecule has 1 saturated carbocycles. The van der Waals surface area contributed by atoms with Crippen molar-refractivity contribution >= 4 is 16.3 Å². The molecule has 1 aromatic rings. The van der Waals surface area contributed by atoms with Crippen molar-refractivity contribution < 1.29 is 0 Å². The summed E-state index contributed by atoms with van der Waals surface area (Å²) in [6.07, 6.45) is 7.42. The van der Waals surface area contributed by atoms with E-state index in [9.17, 15) is 0 Å². The Morgan fingerprint density at radius 2 is 1.84 bits per heavy atom. The summed E-state index contributed by atoms with van der Waals surface area (Å²) in [6.45, 7) is 9.31. The highest BCUT2D eigenvalue weighted by molar-refractivity contribution is 7.15. The van der Waals surface area contributed by atoms with Gasteiger partial charge in [0, 0.05) is 5.92 Å². The Morgan fingerprint density at radius 1 is 1.21 bits per heavy atom. The average Bonchev–Trinajstić information content (AvgIpc) is 2.70. The molecule has 0 saturated heterocycles. The SMILES string of the molecule is CCCc1nc(C2CCC(C(C)(C)C)CC2)c(N)s1. The van der Waals surface area contributed by atoms with Gasteiger partial charge in [0.15, 0.2) is 0 Å². The molecule has 0 aromatic carbocycles. The van der Waals surface area contributed by atoms with Crippen molar-refractivity contribution in [1.29, 1.82) is 0 Å². The van der Waals surface area contributed by atoms with Crippen molar-refractivity contribution in [2.45, 2.75) is 72.1 Å². The Morgan fingerprint density at radius 3 is 2.37 bits per heavy atom. The molecule has 3 heteroatoms. The first kappa shape index (κ1) is 14.8. The summed E-state index contributed by atoms with van der Waals surface area (Å²) < 4.78 is 0. The van der Waals surface area contributed by atoms with Crippen LogP contribution in [-0.2, 0) is 6.42 Å². The second-order valence-electron chi connectivity index (χ2n) is 7.02. The van der Waals surface area contributed by atoms with E-state index >= 15 is 0 Å². The molecule has 0 spiro atoms. The summed E-state index contributed by atoms with van der Waals surface area (Å²) in [4.78, 5) is 4.80. The molecule has 1 heterocycles. The quantitative estimate of drug-likeness (QED) is 0.846. The molecule has 0 bridgehead atoms. The van der Waals surface area contributed by atoms with Gasteiger partial charge in [-0.25, -0.2) is 4.98 Å². The van der Waals surface area contributed by atoms with Crippen molar-refractivity contribution in [1.82, 2.24) is 4.98 Å². The van der Waals surface area contributed by atoms with E-state index in [1.807, 2.05) is 0 Å². The lowest BCUT2D eigenvalue weighted by molar-refractivity contribution is 0.168. The lowest BCUT2D eigenvalue weighted by Crippen LogP contribution is -2.25. The van der Waals surface area contributed by atoms with Crippen LogP contribution in [0.15, 0.2) is 0 Å². The van der Waals surface area contributed by atoms with E-state index < -0.39 is 0 Å². The van der Waals surface area contributed by atoms with Gasteiger partial charge in [0.1, 0.15) is 5.00 Å². The van der Waals surface area contributed by atoms with E-state index in [4.69, 9.17) is 10.7 Å². The molecule has 0 radical (unpaired) electrons. The maximum absolute atomic E-state index is 6.18. The largest absolute Gasteiger partial charge is 0.389 e. The molecule has 0 amide bonds. The van der Waals surface area contributed by atoms with Gasteiger partial charge < -0.3 is 5.73 Å². The predicted octanol–water partition coefficient (Wildman–Crippen LogP) is 5.00. The number of aryl methyl sites for hydroxylation is 1. The van der Waals surface area contributed by atoms with Crippen molar-refractivity contribution in [3.8, 4) is 0 Å². The number of rotatable bonds is 3. The third-order valence-electron chi connectivity index (χ3n) is 4.53. The third kappa shape index (κ3) is 3.50. The van der Waals surface area contributed by atoms with Gasteiger partial charge in [0.25, 0.3) is 0 Å². The smallest absolute Gasteiger partial charge is 0.110 e. The van der Waals surface area contributed by atoms with Crippen LogP contribution in [0.3, 0.4) is 0 Å². The molecular formula is C16H28N2S. The topological polar surface area (TPSA) is 38.9 Å². The van der Waals surface area contributed by atoms with E-state index in [1.54, 1.807) is 11.3 Å². The van der Waals surface area contributed by atoms with E-state index in [0.717, 1.165) is 23.8 Å². The summed E-state index contributed by atoms with van der Waals surface area (Å²) in [7, 11) is 0. The summed E-state index contributed by atoms with van der Waals surface area (Å²) in [5.41, 5.74) is 7.84. The first-order chi connectivity index (χ1) is 8.91. The fourth-order valence-corrected chi connectivity index (χ4v) is 4.26. The van der Waals surface area contributed by atoms with Gasteiger partial charge >= 0.3 is 0 Å². The van der Waals surface area contributed by atoms with Gasteiger partial charge in [0.05, 0.1) is 10.7 Å². The molecule has 2 nitrogen and oxygen atoms in total. The van der Waals surface area contributed by atoms with Crippen LogP contribution in [0.25, 0.3) is 0 Å². The van der Waals surface area contributed by atoms with Crippen LogP contribution in [0.2, 0.25) is 0 Å². The Kier molecular flexibility index (Phi) is 4.54. The zero-order valence-electron chi connectivity index (χ0n) is 12.8. The second kappa shape index (κ2) is 5.82. The van der Waals surface area contributed by atoms with Crippen molar-refractivity contribution in [2.24, 2.45) is 11.3 Å². The lowest BCUT2D eigenvalue weighted by atomic mass is 9.69. The molecule has 0 aliphatic heterocycles. The zero-order chi connectivity index (χ0) is 14.0. The standard InChI is InChI=1S/C16H28N2S/c1-5-6-13-18-14(15(17)19-13)11-7-9-12(10-8-11)16(2,3)4/h11-12H,5-10,17H2,1-4H3. The molecule has 19 heavy (non-hydrogen) atoms. The number of nitrogen functional groups attached to an aromatic ring is 1. The number of hydrogen-bond donors (Lipinski definition) is 1. The molecule has 1 aliphatic rings. The molecule has 0 atom stereocenters. The number of nitrogens with zero attached hydrogens (tertiary/aromatic N) is 1. The second-order valence-corrected chi connectivity index (χ2v) is 8.14. The van der Waals surface area contributed by atoms with Crippen LogP contribution >= 0.6 is 11.3 Å². The Balaban J connectivity index is 2.01. The molecule has 1 aliphatic carbocycles. The molecule has 1 fully saturated rings. The van der Waals surface area contributed by atoms with Crippen molar-refractivity contribution in [3.63, 3.8) is 0 Å². The number of hydrogen-bond acceptors (Lipinski definition) is 3. The van der Waals surface area contributed by atoms with Crippen LogP contribution in [0.1, 0.15) is 76.4 Å². The van der Waals surface area contributed by atoms with E-state index in [0.29, 0.717) is 11.3 Å². The van der Waals surface area contributed by atoms with Crippen LogP contribution in [0.4, 0.5) is 5.00 Å². The Bertz CT molecular complexity index is 409. The Hall–Kier alpha value is -0.570. The molecule has 108 valence electrons. The fraction of sp³-hybridized carbons (Fsp3) is 0.812. The highest BCUT2D eigenvalue weighted by Gasteiger charge is 2.31. The van der Waals surface area contributed by atoms with E-state index in [2.05, 4.69) is 27.7 Å². The van der Waals surface area contributed by atoms with Crippen LogP contribution in [0.5, 0.6) is 0 Å². The molecule has 1 aromatic heterocycles. The van der Waals surface area contributed by atoms with Crippen molar-refractivity contribution in [3.05, 3.63) is 10.7 Å². The lowest BCUT2D eigenvalue weighted by Gasteiger charge is -2.36. The van der Waals surface area contributed by atoms with Crippen molar-refractivity contribution in [2.75, 3.05) is 5.73 Å². The first-order valence-electron chi connectivity index (χ1n) is 7.67. The zero-order valence-corrected chi connectivity index (χ0v) is 13.6. The first-order valence-corrected chi connectivity index (χ1v) is 8.48. The monoisotopic (exact) mass is 280 g/mol. The fourth-order valence-electron chi connectivity index (χ4n) is 3.24. The van der Waals surface area contributed by atoms with Crippen LogP contribution in [0, 0.1) is 11.3 Å². The number of aromatic nitrogens is 1. The summed E-state index contributed by atoms with van der Waals surface area (Å²) in [6, 6.07) is 0. The number of anilines is 1. The number of thiazole rings is 1. The molecular weight excluding hydrogens is 252 g/mol. The maximum atomic E-state index is 6.18. The highest BCUT2D eigenvalue weighted by Crippen LogP contribution is 2.44. The van der Waals surface area contributed by atoms with Gasteiger partial charge in [-0.1, -0.05) is 27.7 Å². The summed E-state index contributed by atoms with van der Waals surface area (Å²) in [5, 5.41) is 2.20. The van der Waals surface area contributed by atoms with Gasteiger partial charge in [-0.05, 0) is 49.9 Å². The molecule has 2 rings (SSSR count). The van der Waals surface area contributed by atoms with E-state index in [-0.39, 0.29) is 0 Å². The minimum absolute atomic E-state index is 0.450. The summed E-state index contributed by atoms with van der Waals surface area (Å²) in [5.74, 6) is 1.47. The third-order valence-corrected chi connectivity index (χ3v) is 5.49. The van der Waals surface area contributed by atoms with Gasteiger partial charge in [0.2, 0.25) is 0 Å². The predicted molar refractivity (Wildman–Crippen MR) is 84.7 cm³/mol. The van der Waals surface area contributed by atoms with Gasteiger partial charge in [-0.2, -0.15) is 0 Å².